The van der Waals surface area contributed by atoms with E-state index in [1.54, 1.807) is 64.5 Å². The summed E-state index contributed by atoms with van der Waals surface area (Å²) >= 11 is 0. The Labute approximate surface area is 279 Å². The molecule has 0 bridgehead atoms. The summed E-state index contributed by atoms with van der Waals surface area (Å²) in [6.45, 7) is 6.73. The van der Waals surface area contributed by atoms with Crippen molar-refractivity contribution in [1.29, 1.82) is 0 Å². The summed E-state index contributed by atoms with van der Waals surface area (Å²) in [5, 5.41) is 6.72. The molecule has 16 heteroatoms. The molecule has 0 saturated carbocycles. The molecule has 4 amide bonds. The van der Waals surface area contributed by atoms with Gasteiger partial charge in [0.05, 0.1) is 55.0 Å². The van der Waals surface area contributed by atoms with Gasteiger partial charge in [-0.25, -0.2) is 22.8 Å². The number of nitrogens with zero attached hydrogens (tertiary/aromatic N) is 5. The fraction of sp³-hybridized carbons (Fsp3) is 0.424. The Morgan fingerprint density at radius 1 is 1.06 bits per heavy atom. The molecular weight excluding hydrogens is 649 g/mol. The average Bonchev–Trinajstić information content (AvgIpc) is 3.61. The van der Waals surface area contributed by atoms with Gasteiger partial charge in [-0.3, -0.25) is 24.5 Å². The lowest BCUT2D eigenvalue weighted by molar-refractivity contribution is -0.145. The molecule has 3 aliphatic heterocycles. The minimum atomic E-state index is -1.66. The summed E-state index contributed by atoms with van der Waals surface area (Å²) in [4.78, 5) is 56.6. The van der Waals surface area contributed by atoms with Crippen molar-refractivity contribution >= 4 is 35.4 Å². The molecule has 13 nitrogen and oxygen atoms in total. The number of amides is 4. The van der Waals surface area contributed by atoms with Crippen LogP contribution < -0.4 is 15.0 Å². The molecule has 2 fully saturated rings. The third-order valence-electron chi connectivity index (χ3n) is 8.37. The Morgan fingerprint density at radius 2 is 1.82 bits per heavy atom. The number of anilines is 2. The standard InChI is InChI=1S/C33H35F3N6O7/c1-33(2,3)49-32(46)40-17-27-26(41-15-22(13-28(41)43)39-7-8-47-18-29(39)44)14-37-42(27)16-21(40)9-19-5-4-6-23(10-19)48-31(45)38-20-11-24(34)30(36)25(35)12-20/h4-6,10-12,14,21-22H,7-9,13,15-18H2,1-3H3,(H,38,45)/t21-,22?/m0/s1. The predicted octanol–water partition coefficient (Wildman–Crippen LogP) is 4.24. The molecule has 2 saturated heterocycles. The molecule has 0 radical (unpaired) electrons. The molecule has 3 aromatic rings. The van der Waals surface area contributed by atoms with Crippen LogP contribution in [-0.4, -0.2) is 87.6 Å². The first-order valence-corrected chi connectivity index (χ1v) is 15.7. The second-order valence-electron chi connectivity index (χ2n) is 13.0. The van der Waals surface area contributed by atoms with Gasteiger partial charge >= 0.3 is 12.2 Å². The number of morpholine rings is 1. The van der Waals surface area contributed by atoms with Crippen molar-refractivity contribution in [3.63, 3.8) is 0 Å². The Morgan fingerprint density at radius 3 is 2.53 bits per heavy atom. The number of carbonyl (C=O) groups excluding carboxylic acids is 4. The van der Waals surface area contributed by atoms with Gasteiger partial charge in [-0.1, -0.05) is 12.1 Å². The first-order valence-electron chi connectivity index (χ1n) is 15.7. The van der Waals surface area contributed by atoms with E-state index in [1.807, 2.05) is 0 Å². The summed E-state index contributed by atoms with van der Waals surface area (Å²) in [5.41, 5.74) is 0.770. The van der Waals surface area contributed by atoms with Crippen LogP contribution in [0.4, 0.5) is 34.1 Å². The van der Waals surface area contributed by atoms with Gasteiger partial charge in [0.15, 0.2) is 17.5 Å². The third-order valence-corrected chi connectivity index (χ3v) is 8.37. The van der Waals surface area contributed by atoms with Crippen LogP contribution in [0.15, 0.2) is 42.6 Å². The van der Waals surface area contributed by atoms with Crippen LogP contribution in [0.3, 0.4) is 0 Å². The van der Waals surface area contributed by atoms with E-state index in [0.29, 0.717) is 55.2 Å². The van der Waals surface area contributed by atoms with Gasteiger partial charge < -0.3 is 24.0 Å². The zero-order valence-corrected chi connectivity index (χ0v) is 27.1. The number of carbonyl (C=O) groups is 4. The van der Waals surface area contributed by atoms with Crippen LogP contribution in [0, 0.1) is 17.5 Å². The number of hydrogen-bond donors (Lipinski definition) is 1. The maximum absolute atomic E-state index is 13.6. The lowest BCUT2D eigenvalue weighted by Crippen LogP contribution is -2.50. The Kier molecular flexibility index (Phi) is 9.24. The number of nitrogens with one attached hydrogen (secondary N) is 1. The molecule has 2 atom stereocenters. The minimum absolute atomic E-state index is 0.0131. The molecule has 0 aliphatic carbocycles. The zero-order valence-electron chi connectivity index (χ0n) is 27.1. The van der Waals surface area contributed by atoms with E-state index in [1.165, 1.54) is 6.07 Å². The van der Waals surface area contributed by atoms with Crippen LogP contribution in [-0.2, 0) is 38.6 Å². The zero-order chi connectivity index (χ0) is 35.0. The Balaban J connectivity index is 1.19. The van der Waals surface area contributed by atoms with Gasteiger partial charge in [-0.15, -0.1) is 0 Å². The molecule has 1 unspecified atom stereocenters. The molecule has 260 valence electrons. The Bertz CT molecular complexity index is 1770. The molecule has 6 rings (SSSR count). The number of benzene rings is 2. The van der Waals surface area contributed by atoms with E-state index in [4.69, 9.17) is 14.2 Å². The van der Waals surface area contributed by atoms with E-state index in [-0.39, 0.29) is 55.4 Å². The first-order chi connectivity index (χ1) is 23.3. The molecule has 49 heavy (non-hydrogen) atoms. The Hall–Kier alpha value is -5.12. The molecule has 0 spiro atoms. The van der Waals surface area contributed by atoms with E-state index >= 15 is 0 Å². The summed E-state index contributed by atoms with van der Waals surface area (Å²) < 4.78 is 58.5. The highest BCUT2D eigenvalue weighted by atomic mass is 19.2. The van der Waals surface area contributed by atoms with Crippen LogP contribution in [0.5, 0.6) is 5.75 Å². The van der Waals surface area contributed by atoms with Gasteiger partial charge in [0.2, 0.25) is 11.8 Å². The van der Waals surface area contributed by atoms with E-state index in [0.717, 1.165) is 0 Å². The highest BCUT2D eigenvalue weighted by Crippen LogP contribution is 2.33. The summed E-state index contributed by atoms with van der Waals surface area (Å²) in [6, 6.07) is 7.00. The van der Waals surface area contributed by atoms with Gasteiger partial charge in [0, 0.05) is 31.6 Å². The number of aromatic nitrogens is 2. The second-order valence-corrected chi connectivity index (χ2v) is 13.0. The van der Waals surface area contributed by atoms with Crippen LogP contribution in [0.1, 0.15) is 38.4 Å². The molecule has 4 heterocycles. The third kappa shape index (κ3) is 7.48. The normalized spacial score (nSPS) is 19.6. The number of halogens is 3. The largest absolute Gasteiger partial charge is 0.444 e. The minimum Gasteiger partial charge on any atom is -0.444 e. The fourth-order valence-electron chi connectivity index (χ4n) is 6.18. The van der Waals surface area contributed by atoms with Gasteiger partial charge in [-0.05, 0) is 44.9 Å². The number of fused-ring (bicyclic) bond motifs is 1. The summed E-state index contributed by atoms with van der Waals surface area (Å²) in [6.07, 6.45) is 0.443. The van der Waals surface area contributed by atoms with E-state index in [9.17, 15) is 32.3 Å². The van der Waals surface area contributed by atoms with Crippen LogP contribution in [0.25, 0.3) is 0 Å². The van der Waals surface area contributed by atoms with Crippen molar-refractivity contribution in [2.45, 2.75) is 64.4 Å². The van der Waals surface area contributed by atoms with Crippen molar-refractivity contribution in [2.75, 3.05) is 36.5 Å². The van der Waals surface area contributed by atoms with Crippen LogP contribution >= 0.6 is 0 Å². The molecular formula is C33H35F3N6O7. The van der Waals surface area contributed by atoms with Crippen molar-refractivity contribution in [2.24, 2.45) is 0 Å². The van der Waals surface area contributed by atoms with Gasteiger partial charge in [0.25, 0.3) is 0 Å². The molecule has 1 aromatic heterocycles. The van der Waals surface area contributed by atoms with Crippen LogP contribution in [0.2, 0.25) is 0 Å². The fourth-order valence-corrected chi connectivity index (χ4v) is 6.18. The topological polar surface area (TPSA) is 136 Å². The van der Waals surface area contributed by atoms with E-state index < -0.39 is 41.3 Å². The lowest BCUT2D eigenvalue weighted by atomic mass is 10.0. The maximum atomic E-state index is 13.6. The molecule has 3 aliphatic rings. The van der Waals surface area contributed by atoms with Crippen molar-refractivity contribution < 1.29 is 46.6 Å². The first kappa shape index (κ1) is 33.8. The number of hydrogen-bond acceptors (Lipinski definition) is 8. The maximum Gasteiger partial charge on any atom is 0.417 e. The van der Waals surface area contributed by atoms with E-state index in [2.05, 4.69) is 10.4 Å². The second kappa shape index (κ2) is 13.4. The lowest BCUT2D eigenvalue weighted by Gasteiger charge is -2.38. The SMILES string of the molecule is CC(C)(C)OC(=O)N1Cc2c(N3CC(N4CCOCC4=O)CC3=O)cnn2C[C@@H]1Cc1cccc(OC(=O)Nc2cc(F)c(F)c(F)c2)c1. The molecule has 1 N–H and O–H groups in total. The van der Waals surface area contributed by atoms with Gasteiger partial charge in [0.1, 0.15) is 18.0 Å². The summed E-state index contributed by atoms with van der Waals surface area (Å²) in [7, 11) is 0. The predicted molar refractivity (Wildman–Crippen MR) is 167 cm³/mol. The van der Waals surface area contributed by atoms with Gasteiger partial charge in [-0.2, -0.15) is 5.10 Å². The summed E-state index contributed by atoms with van der Waals surface area (Å²) in [5.74, 6) is -4.79. The number of rotatable bonds is 6. The monoisotopic (exact) mass is 684 g/mol. The number of ether oxygens (including phenoxy) is 3. The van der Waals surface area contributed by atoms with Crippen molar-refractivity contribution in [3.8, 4) is 5.75 Å². The molecule has 2 aromatic carbocycles. The smallest absolute Gasteiger partial charge is 0.417 e. The quantitative estimate of drug-likeness (QED) is 0.381. The van der Waals surface area contributed by atoms with Crippen molar-refractivity contribution in [3.05, 3.63) is 71.3 Å². The highest BCUT2D eigenvalue weighted by Gasteiger charge is 2.41. The highest BCUT2D eigenvalue weighted by molar-refractivity contribution is 5.97. The average molecular weight is 685 g/mol. The van der Waals surface area contributed by atoms with Crippen molar-refractivity contribution in [1.82, 2.24) is 19.6 Å².